The molecule has 18 heavy (non-hydrogen) atoms. The Labute approximate surface area is 110 Å². The number of halogens is 1. The first-order chi connectivity index (χ1) is 8.70. The highest BCUT2D eigenvalue weighted by molar-refractivity contribution is 7.16. The van der Waals surface area contributed by atoms with Crippen LogP contribution in [0.15, 0.2) is 39.5 Å². The summed E-state index contributed by atoms with van der Waals surface area (Å²) >= 11 is 6.66. The van der Waals surface area contributed by atoms with E-state index >= 15 is 0 Å². The SMILES string of the molecule is O=c1oc2cc(Oc3ccc(Cl)nn3)ccc2s1. The Morgan fingerprint density at radius 2 is 2.11 bits per heavy atom. The smallest absolute Gasteiger partial charge is 0.396 e. The van der Waals surface area contributed by atoms with Gasteiger partial charge in [-0.3, -0.25) is 0 Å². The quantitative estimate of drug-likeness (QED) is 0.722. The number of fused-ring (bicyclic) bond motifs is 1. The normalized spacial score (nSPS) is 10.7. The number of hydrogen-bond acceptors (Lipinski definition) is 6. The predicted octanol–water partition coefficient (Wildman–Crippen LogP) is 3.09. The molecular weight excluding hydrogens is 276 g/mol. The summed E-state index contributed by atoms with van der Waals surface area (Å²) in [6, 6.07) is 8.29. The van der Waals surface area contributed by atoms with E-state index in [0.29, 0.717) is 22.4 Å². The van der Waals surface area contributed by atoms with Crippen molar-refractivity contribution in [1.29, 1.82) is 0 Å². The van der Waals surface area contributed by atoms with Crippen molar-refractivity contribution in [2.24, 2.45) is 0 Å². The zero-order chi connectivity index (χ0) is 12.5. The molecule has 90 valence electrons. The van der Waals surface area contributed by atoms with E-state index in [9.17, 15) is 4.79 Å². The fourth-order valence-corrected chi connectivity index (χ4v) is 2.14. The van der Waals surface area contributed by atoms with Crippen LogP contribution in [0.2, 0.25) is 5.15 Å². The van der Waals surface area contributed by atoms with Crippen LogP contribution in [0.5, 0.6) is 11.6 Å². The lowest BCUT2D eigenvalue weighted by atomic mass is 10.3. The third-order valence-electron chi connectivity index (χ3n) is 2.13. The van der Waals surface area contributed by atoms with E-state index in [2.05, 4.69) is 10.2 Å². The van der Waals surface area contributed by atoms with Crippen molar-refractivity contribution in [2.45, 2.75) is 0 Å². The van der Waals surface area contributed by atoms with Crippen molar-refractivity contribution in [1.82, 2.24) is 10.2 Å². The number of hydrogen-bond donors (Lipinski definition) is 0. The molecule has 0 bridgehead atoms. The molecule has 0 atom stereocenters. The van der Waals surface area contributed by atoms with E-state index in [1.807, 2.05) is 0 Å². The molecule has 1 aromatic carbocycles. The number of nitrogens with zero attached hydrogens (tertiary/aromatic N) is 2. The summed E-state index contributed by atoms with van der Waals surface area (Å²) in [7, 11) is 0. The zero-order valence-electron chi connectivity index (χ0n) is 8.79. The molecule has 0 radical (unpaired) electrons. The van der Waals surface area contributed by atoms with Gasteiger partial charge in [0, 0.05) is 12.1 Å². The third-order valence-corrected chi connectivity index (χ3v) is 3.14. The van der Waals surface area contributed by atoms with Gasteiger partial charge in [-0.2, -0.15) is 0 Å². The molecule has 0 saturated heterocycles. The lowest BCUT2D eigenvalue weighted by Gasteiger charge is -2.02. The largest absolute Gasteiger partial charge is 0.437 e. The number of benzene rings is 1. The van der Waals surface area contributed by atoms with Crippen LogP contribution in [0.4, 0.5) is 0 Å². The molecule has 3 aromatic rings. The predicted molar refractivity (Wildman–Crippen MR) is 67.5 cm³/mol. The minimum Gasteiger partial charge on any atom is -0.437 e. The van der Waals surface area contributed by atoms with Crippen molar-refractivity contribution in [2.75, 3.05) is 0 Å². The Hall–Kier alpha value is -1.92. The lowest BCUT2D eigenvalue weighted by molar-refractivity contribution is 0.454. The van der Waals surface area contributed by atoms with Crippen molar-refractivity contribution >= 4 is 33.2 Å². The molecule has 0 spiro atoms. The molecule has 3 rings (SSSR count). The highest BCUT2D eigenvalue weighted by atomic mass is 35.5. The van der Waals surface area contributed by atoms with Crippen LogP contribution in [0.25, 0.3) is 10.3 Å². The number of aromatic nitrogens is 2. The van der Waals surface area contributed by atoms with Crippen molar-refractivity contribution in [3.05, 3.63) is 45.2 Å². The van der Waals surface area contributed by atoms with E-state index in [1.165, 1.54) is 0 Å². The van der Waals surface area contributed by atoms with Crippen molar-refractivity contribution < 1.29 is 9.15 Å². The number of rotatable bonds is 2. The Kier molecular flexibility index (Phi) is 2.73. The van der Waals surface area contributed by atoms with Gasteiger partial charge in [0.15, 0.2) is 10.7 Å². The summed E-state index contributed by atoms with van der Waals surface area (Å²) in [6.45, 7) is 0. The molecule has 0 fully saturated rings. The van der Waals surface area contributed by atoms with Gasteiger partial charge in [0.2, 0.25) is 5.88 Å². The van der Waals surface area contributed by atoms with Gasteiger partial charge in [0.25, 0.3) is 0 Å². The minimum atomic E-state index is -0.339. The summed E-state index contributed by atoms with van der Waals surface area (Å²) in [5.74, 6) is 0.831. The van der Waals surface area contributed by atoms with E-state index in [1.54, 1.807) is 30.3 Å². The maximum Gasteiger partial charge on any atom is 0.396 e. The molecule has 0 N–H and O–H groups in total. The molecular formula is C11H5ClN2O3S. The van der Waals surface area contributed by atoms with E-state index in [4.69, 9.17) is 20.8 Å². The van der Waals surface area contributed by atoms with Crippen LogP contribution in [-0.2, 0) is 0 Å². The minimum absolute atomic E-state index is 0.293. The molecule has 0 aliphatic heterocycles. The Bertz CT molecular complexity index is 751. The van der Waals surface area contributed by atoms with Gasteiger partial charge in [-0.1, -0.05) is 22.9 Å². The molecule has 0 aliphatic rings. The topological polar surface area (TPSA) is 65.2 Å². The maximum atomic E-state index is 11.1. The fraction of sp³-hybridized carbons (Fsp3) is 0. The number of ether oxygens (including phenoxy) is 1. The second-order valence-electron chi connectivity index (χ2n) is 3.36. The summed E-state index contributed by atoms with van der Waals surface area (Å²) in [4.78, 5) is 10.7. The van der Waals surface area contributed by atoms with Crippen LogP contribution >= 0.6 is 22.9 Å². The summed E-state index contributed by atoms with van der Waals surface area (Å²) in [5.41, 5.74) is 0.490. The zero-order valence-corrected chi connectivity index (χ0v) is 10.4. The molecule has 2 aromatic heterocycles. The first kappa shape index (κ1) is 11.2. The van der Waals surface area contributed by atoms with Crippen molar-refractivity contribution in [3.63, 3.8) is 0 Å². The van der Waals surface area contributed by atoms with Gasteiger partial charge in [0.1, 0.15) is 5.75 Å². The van der Waals surface area contributed by atoms with Gasteiger partial charge in [-0.25, -0.2) is 4.79 Å². The first-order valence-electron chi connectivity index (χ1n) is 4.91. The van der Waals surface area contributed by atoms with Gasteiger partial charge < -0.3 is 9.15 Å². The fourth-order valence-electron chi connectivity index (χ4n) is 1.40. The Balaban J connectivity index is 1.94. The molecule has 5 nitrogen and oxygen atoms in total. The average Bonchev–Trinajstić information content (AvgIpc) is 2.71. The standard InChI is InChI=1S/C11H5ClN2O3S/c12-9-3-4-10(14-13-9)16-6-1-2-8-7(5-6)17-11(15)18-8/h1-5H. The molecule has 0 amide bonds. The summed E-state index contributed by atoms with van der Waals surface area (Å²) in [5, 5.41) is 7.72. The van der Waals surface area contributed by atoms with E-state index in [-0.39, 0.29) is 4.94 Å². The maximum absolute atomic E-state index is 11.1. The molecule has 0 unspecified atom stereocenters. The Morgan fingerprint density at radius 3 is 2.89 bits per heavy atom. The van der Waals surface area contributed by atoms with Crippen LogP contribution in [-0.4, -0.2) is 10.2 Å². The third kappa shape index (κ3) is 2.20. The second-order valence-corrected chi connectivity index (χ2v) is 4.72. The van der Waals surface area contributed by atoms with Gasteiger partial charge >= 0.3 is 4.94 Å². The molecule has 0 aliphatic carbocycles. The highest BCUT2D eigenvalue weighted by Gasteiger charge is 2.05. The second kappa shape index (κ2) is 4.40. The van der Waals surface area contributed by atoms with Gasteiger partial charge in [-0.15, -0.1) is 10.2 Å². The van der Waals surface area contributed by atoms with Crippen LogP contribution in [0.1, 0.15) is 0 Å². The van der Waals surface area contributed by atoms with Crippen molar-refractivity contribution in [3.8, 4) is 11.6 Å². The van der Waals surface area contributed by atoms with Crippen LogP contribution < -0.4 is 9.68 Å². The molecule has 0 saturated carbocycles. The summed E-state index contributed by atoms with van der Waals surface area (Å²) < 4.78 is 11.2. The van der Waals surface area contributed by atoms with Gasteiger partial charge in [0.05, 0.1) is 4.70 Å². The van der Waals surface area contributed by atoms with Crippen LogP contribution in [0.3, 0.4) is 0 Å². The molecule has 7 heteroatoms. The lowest BCUT2D eigenvalue weighted by Crippen LogP contribution is -1.89. The monoisotopic (exact) mass is 280 g/mol. The summed E-state index contributed by atoms with van der Waals surface area (Å²) in [6.07, 6.45) is 0. The Morgan fingerprint density at radius 1 is 1.22 bits per heavy atom. The van der Waals surface area contributed by atoms with Crippen LogP contribution in [0, 0.1) is 0 Å². The molecule has 2 heterocycles. The van der Waals surface area contributed by atoms with E-state index < -0.39 is 0 Å². The van der Waals surface area contributed by atoms with E-state index in [0.717, 1.165) is 16.0 Å². The van der Waals surface area contributed by atoms with Gasteiger partial charge in [-0.05, 0) is 18.2 Å². The first-order valence-corrected chi connectivity index (χ1v) is 6.11. The highest BCUT2D eigenvalue weighted by Crippen LogP contribution is 2.25. The average molecular weight is 281 g/mol.